The molecule has 0 unspecified atom stereocenters. The quantitative estimate of drug-likeness (QED) is 0.659. The minimum atomic E-state index is -0.527. The molecule has 5 heteroatoms. The number of nitrogens with zero attached hydrogens (tertiary/aromatic N) is 2. The zero-order valence-corrected chi connectivity index (χ0v) is 14.4. The molecule has 1 N–H and O–H groups in total. The Morgan fingerprint density at radius 1 is 1.08 bits per heavy atom. The summed E-state index contributed by atoms with van der Waals surface area (Å²) in [7, 11) is 3.23. The second-order valence-corrected chi connectivity index (χ2v) is 5.75. The number of nitrogens with one attached hydrogen (secondary N) is 1. The van der Waals surface area contributed by atoms with Gasteiger partial charge in [-0.2, -0.15) is 0 Å². The fraction of sp³-hybridized carbons (Fsp3) is 0.368. The Bertz CT molecular complexity index is 795. The van der Waals surface area contributed by atoms with Gasteiger partial charge in [-0.25, -0.2) is 9.97 Å². The molecule has 0 aliphatic heterocycles. The van der Waals surface area contributed by atoms with Crippen LogP contribution in [0, 0.1) is 0 Å². The van der Waals surface area contributed by atoms with Crippen molar-refractivity contribution in [2.45, 2.75) is 32.5 Å². The van der Waals surface area contributed by atoms with Crippen molar-refractivity contribution >= 4 is 11.2 Å². The van der Waals surface area contributed by atoms with Crippen molar-refractivity contribution in [3.05, 3.63) is 47.9 Å². The highest BCUT2D eigenvalue weighted by atomic mass is 16.7. The summed E-state index contributed by atoms with van der Waals surface area (Å²) in [5, 5.41) is 0. The van der Waals surface area contributed by atoms with Crippen LogP contribution in [0.4, 0.5) is 0 Å². The first kappa shape index (κ1) is 16.6. The molecule has 0 radical (unpaired) electrons. The predicted octanol–water partition coefficient (Wildman–Crippen LogP) is 4.26. The van der Waals surface area contributed by atoms with Crippen molar-refractivity contribution in [3.8, 4) is 11.1 Å². The van der Waals surface area contributed by atoms with Gasteiger partial charge in [0.05, 0.1) is 5.52 Å². The van der Waals surface area contributed by atoms with Gasteiger partial charge in [0, 0.05) is 26.2 Å². The summed E-state index contributed by atoms with van der Waals surface area (Å²) in [6.07, 6.45) is 2.65. The average Bonchev–Trinajstić information content (AvgIpc) is 3.03. The number of aromatic nitrogens is 3. The molecule has 5 nitrogen and oxygen atoms in total. The van der Waals surface area contributed by atoms with Crippen molar-refractivity contribution in [2.75, 3.05) is 14.2 Å². The molecule has 2 heterocycles. The third kappa shape index (κ3) is 3.32. The van der Waals surface area contributed by atoms with Crippen molar-refractivity contribution < 1.29 is 9.47 Å². The number of unbranched alkanes of at least 4 members (excludes halogenated alkanes) is 1. The maximum atomic E-state index is 5.45. The number of aryl methyl sites for hydroxylation is 1. The normalized spacial score (nSPS) is 11.5. The van der Waals surface area contributed by atoms with E-state index in [0.29, 0.717) is 5.65 Å². The molecule has 0 saturated heterocycles. The van der Waals surface area contributed by atoms with Gasteiger partial charge in [0.25, 0.3) is 0 Å². The van der Waals surface area contributed by atoms with Gasteiger partial charge in [0.15, 0.2) is 5.65 Å². The van der Waals surface area contributed by atoms with Gasteiger partial charge in [0.1, 0.15) is 11.5 Å². The molecule has 0 bridgehead atoms. The van der Waals surface area contributed by atoms with Gasteiger partial charge in [-0.3, -0.25) is 0 Å². The Kier molecular flexibility index (Phi) is 5.23. The summed E-state index contributed by atoms with van der Waals surface area (Å²) >= 11 is 0. The third-order valence-electron chi connectivity index (χ3n) is 4.06. The number of ether oxygens (including phenoxy) is 2. The SMILES string of the molecule is CCCCc1nc2nc(C(OC)OC)c(-c3ccccc3)cc2[nH]1. The van der Waals surface area contributed by atoms with Gasteiger partial charge in [-0.1, -0.05) is 43.7 Å². The topological polar surface area (TPSA) is 60.0 Å². The molecule has 126 valence electrons. The fourth-order valence-electron chi connectivity index (χ4n) is 2.82. The summed E-state index contributed by atoms with van der Waals surface area (Å²) in [6, 6.07) is 12.2. The van der Waals surface area contributed by atoms with E-state index in [1.807, 2.05) is 18.2 Å². The maximum Gasteiger partial charge on any atom is 0.201 e. The zero-order chi connectivity index (χ0) is 16.9. The van der Waals surface area contributed by atoms with Crippen LogP contribution in [0.1, 0.15) is 37.6 Å². The highest BCUT2D eigenvalue weighted by Crippen LogP contribution is 2.31. The molecule has 0 aliphatic carbocycles. The van der Waals surface area contributed by atoms with Crippen LogP contribution in [0.5, 0.6) is 0 Å². The average molecular weight is 325 g/mol. The Balaban J connectivity index is 2.13. The number of benzene rings is 1. The van der Waals surface area contributed by atoms with Crippen molar-refractivity contribution in [3.63, 3.8) is 0 Å². The third-order valence-corrected chi connectivity index (χ3v) is 4.06. The molecule has 3 rings (SSSR count). The van der Waals surface area contributed by atoms with E-state index in [1.165, 1.54) is 0 Å². The number of aromatic amines is 1. The first-order valence-corrected chi connectivity index (χ1v) is 8.27. The molecule has 0 spiro atoms. The van der Waals surface area contributed by atoms with Gasteiger partial charge in [-0.15, -0.1) is 0 Å². The minimum Gasteiger partial charge on any atom is -0.350 e. The van der Waals surface area contributed by atoms with E-state index in [-0.39, 0.29) is 0 Å². The number of hydrogen-bond donors (Lipinski definition) is 1. The number of H-pyrrole nitrogens is 1. The lowest BCUT2D eigenvalue weighted by Gasteiger charge is -2.16. The highest BCUT2D eigenvalue weighted by molar-refractivity contribution is 5.80. The van der Waals surface area contributed by atoms with E-state index < -0.39 is 6.29 Å². The van der Waals surface area contributed by atoms with E-state index in [2.05, 4.69) is 35.1 Å². The lowest BCUT2D eigenvalue weighted by molar-refractivity contribution is -0.108. The summed E-state index contributed by atoms with van der Waals surface area (Å²) in [6.45, 7) is 2.17. The standard InChI is InChI=1S/C19H23N3O2/c1-4-5-11-16-20-15-12-14(13-9-7-6-8-10-13)17(19(23-2)24-3)22-18(15)21-16/h6-10,12,19H,4-5,11H2,1-3H3,(H,20,21,22). The molecular formula is C19H23N3O2. The van der Waals surface area contributed by atoms with Crippen LogP contribution in [0.2, 0.25) is 0 Å². The number of fused-ring (bicyclic) bond motifs is 1. The van der Waals surface area contributed by atoms with Gasteiger partial charge < -0.3 is 14.5 Å². The fourth-order valence-corrected chi connectivity index (χ4v) is 2.82. The summed E-state index contributed by atoms with van der Waals surface area (Å²) in [5.41, 5.74) is 4.45. The van der Waals surface area contributed by atoms with Crippen molar-refractivity contribution in [1.29, 1.82) is 0 Å². The molecule has 24 heavy (non-hydrogen) atoms. The molecule has 0 aliphatic rings. The van der Waals surface area contributed by atoms with Crippen LogP contribution in [-0.4, -0.2) is 29.2 Å². The number of pyridine rings is 1. The lowest BCUT2D eigenvalue weighted by Crippen LogP contribution is -2.08. The van der Waals surface area contributed by atoms with E-state index in [9.17, 15) is 0 Å². The second-order valence-electron chi connectivity index (χ2n) is 5.75. The molecule has 3 aromatic rings. The number of hydrogen-bond acceptors (Lipinski definition) is 4. The first-order chi connectivity index (χ1) is 11.8. The minimum absolute atomic E-state index is 0.527. The molecule has 0 saturated carbocycles. The number of methoxy groups -OCH3 is 2. The molecule has 1 aromatic carbocycles. The molecule has 0 amide bonds. The smallest absolute Gasteiger partial charge is 0.201 e. The Labute approximate surface area is 142 Å². The number of rotatable bonds is 7. The van der Waals surface area contributed by atoms with Crippen LogP contribution in [0.15, 0.2) is 36.4 Å². The summed E-state index contributed by atoms with van der Waals surface area (Å²) in [4.78, 5) is 12.7. The highest BCUT2D eigenvalue weighted by Gasteiger charge is 2.19. The van der Waals surface area contributed by atoms with Crippen LogP contribution in [-0.2, 0) is 15.9 Å². The zero-order valence-electron chi connectivity index (χ0n) is 14.4. The number of imidazole rings is 1. The predicted molar refractivity (Wildman–Crippen MR) is 94.7 cm³/mol. The van der Waals surface area contributed by atoms with Crippen LogP contribution < -0.4 is 0 Å². The summed E-state index contributed by atoms with van der Waals surface area (Å²) in [5.74, 6) is 0.974. The largest absolute Gasteiger partial charge is 0.350 e. The maximum absolute atomic E-state index is 5.45. The van der Waals surface area contributed by atoms with Gasteiger partial charge in [0.2, 0.25) is 6.29 Å². The van der Waals surface area contributed by atoms with Crippen LogP contribution in [0.3, 0.4) is 0 Å². The van der Waals surface area contributed by atoms with E-state index in [1.54, 1.807) is 14.2 Å². The van der Waals surface area contributed by atoms with Gasteiger partial charge >= 0.3 is 0 Å². The Hall–Kier alpha value is -2.24. The molecule has 2 aromatic heterocycles. The van der Waals surface area contributed by atoms with Gasteiger partial charge in [-0.05, 0) is 18.1 Å². The molecular weight excluding hydrogens is 302 g/mol. The summed E-state index contributed by atoms with van der Waals surface area (Å²) < 4.78 is 10.9. The van der Waals surface area contributed by atoms with Crippen molar-refractivity contribution in [2.24, 2.45) is 0 Å². The monoisotopic (exact) mass is 325 g/mol. The van der Waals surface area contributed by atoms with E-state index in [4.69, 9.17) is 14.5 Å². The molecule has 0 atom stereocenters. The van der Waals surface area contributed by atoms with Crippen LogP contribution in [0.25, 0.3) is 22.3 Å². The van der Waals surface area contributed by atoms with E-state index in [0.717, 1.165) is 47.4 Å². The van der Waals surface area contributed by atoms with Crippen LogP contribution >= 0.6 is 0 Å². The van der Waals surface area contributed by atoms with Crippen molar-refractivity contribution in [1.82, 2.24) is 15.0 Å². The first-order valence-electron chi connectivity index (χ1n) is 8.27. The Morgan fingerprint density at radius 3 is 2.50 bits per heavy atom. The second kappa shape index (κ2) is 7.55. The Morgan fingerprint density at radius 2 is 1.83 bits per heavy atom. The lowest BCUT2D eigenvalue weighted by atomic mass is 10.0. The van der Waals surface area contributed by atoms with E-state index >= 15 is 0 Å². The molecule has 0 fully saturated rings.